The molecule has 0 N–H and O–H groups in total. The number of nitrogens with zero attached hydrogens (tertiary/aromatic N) is 1. The Morgan fingerprint density at radius 3 is 2.56 bits per heavy atom. The van der Waals surface area contributed by atoms with Gasteiger partial charge in [-0.3, -0.25) is 0 Å². The van der Waals surface area contributed by atoms with E-state index in [0.29, 0.717) is 11.1 Å². The van der Waals surface area contributed by atoms with Gasteiger partial charge in [0.25, 0.3) is 0 Å². The number of benzene rings is 1. The van der Waals surface area contributed by atoms with E-state index in [9.17, 15) is 13.2 Å². The van der Waals surface area contributed by atoms with Crippen molar-refractivity contribution in [1.82, 2.24) is 0 Å². The van der Waals surface area contributed by atoms with Crippen LogP contribution in [0.15, 0.2) is 18.2 Å². The molecule has 0 aliphatic heterocycles. The Hall–Kier alpha value is -1.25. The number of alkyl halides is 3. The first-order chi connectivity index (χ1) is 7.42. The van der Waals surface area contributed by atoms with Gasteiger partial charge in [-0.25, -0.2) is 0 Å². The van der Waals surface area contributed by atoms with Crippen molar-refractivity contribution < 1.29 is 17.9 Å². The van der Waals surface area contributed by atoms with Crippen LogP contribution in [0.2, 0.25) is 5.02 Å². The number of nitriles is 1. The van der Waals surface area contributed by atoms with Crippen molar-refractivity contribution in [2.75, 3.05) is 6.61 Å². The monoisotopic (exact) mass is 249 g/mol. The van der Waals surface area contributed by atoms with Gasteiger partial charge in [0.15, 0.2) is 0 Å². The summed E-state index contributed by atoms with van der Waals surface area (Å²) >= 11 is 5.75. The Bertz CT molecular complexity index is 412. The SMILES string of the molecule is N#Cc1ccc(COCC(F)(F)F)c(Cl)c1. The van der Waals surface area contributed by atoms with Gasteiger partial charge in [-0.1, -0.05) is 17.7 Å². The average molecular weight is 250 g/mol. The summed E-state index contributed by atoms with van der Waals surface area (Å²) in [5.74, 6) is 0. The van der Waals surface area contributed by atoms with Crippen LogP contribution in [0.5, 0.6) is 0 Å². The Morgan fingerprint density at radius 2 is 2.06 bits per heavy atom. The van der Waals surface area contributed by atoms with Crippen LogP contribution in [0, 0.1) is 11.3 Å². The van der Waals surface area contributed by atoms with Gasteiger partial charge in [-0.15, -0.1) is 0 Å². The molecule has 0 spiro atoms. The van der Waals surface area contributed by atoms with Crippen LogP contribution in [-0.2, 0) is 11.3 Å². The van der Waals surface area contributed by atoms with Crippen molar-refractivity contribution in [3.05, 3.63) is 34.3 Å². The molecule has 0 saturated carbocycles. The third kappa shape index (κ3) is 4.09. The highest BCUT2D eigenvalue weighted by Gasteiger charge is 2.27. The van der Waals surface area contributed by atoms with Crippen molar-refractivity contribution in [2.45, 2.75) is 12.8 Å². The fourth-order valence-electron chi connectivity index (χ4n) is 1.01. The van der Waals surface area contributed by atoms with E-state index in [4.69, 9.17) is 16.9 Å². The standard InChI is InChI=1S/C10H7ClF3NO/c11-9-3-7(4-15)1-2-8(9)5-16-6-10(12,13)14/h1-3H,5-6H2. The Morgan fingerprint density at radius 1 is 1.38 bits per heavy atom. The highest BCUT2D eigenvalue weighted by Crippen LogP contribution is 2.20. The van der Waals surface area contributed by atoms with Gasteiger partial charge in [0, 0.05) is 5.02 Å². The summed E-state index contributed by atoms with van der Waals surface area (Å²) < 4.78 is 39.8. The molecule has 0 atom stereocenters. The quantitative estimate of drug-likeness (QED) is 0.823. The Labute approximate surface area is 95.2 Å². The average Bonchev–Trinajstić information content (AvgIpc) is 2.18. The highest BCUT2D eigenvalue weighted by molar-refractivity contribution is 6.31. The number of rotatable bonds is 3. The van der Waals surface area contributed by atoms with Gasteiger partial charge in [0.05, 0.1) is 18.2 Å². The van der Waals surface area contributed by atoms with Crippen molar-refractivity contribution in [1.29, 1.82) is 5.26 Å². The van der Waals surface area contributed by atoms with Crippen LogP contribution in [0.1, 0.15) is 11.1 Å². The van der Waals surface area contributed by atoms with Crippen LogP contribution < -0.4 is 0 Å². The zero-order chi connectivity index (χ0) is 12.2. The first-order valence-electron chi connectivity index (χ1n) is 4.25. The fourth-order valence-corrected chi connectivity index (χ4v) is 1.25. The second kappa shape index (κ2) is 5.19. The third-order valence-electron chi connectivity index (χ3n) is 1.71. The normalized spacial score (nSPS) is 11.2. The Balaban J connectivity index is 2.59. The van der Waals surface area contributed by atoms with Crippen molar-refractivity contribution >= 4 is 11.6 Å². The van der Waals surface area contributed by atoms with Gasteiger partial charge in [0.1, 0.15) is 6.61 Å². The maximum Gasteiger partial charge on any atom is 0.411 e. The maximum atomic E-state index is 11.8. The zero-order valence-electron chi connectivity index (χ0n) is 8.01. The molecule has 0 aromatic heterocycles. The molecule has 86 valence electrons. The summed E-state index contributed by atoms with van der Waals surface area (Å²) in [4.78, 5) is 0. The molecule has 16 heavy (non-hydrogen) atoms. The van der Waals surface area contributed by atoms with Crippen LogP contribution in [0.3, 0.4) is 0 Å². The predicted octanol–water partition coefficient (Wildman–Crippen LogP) is 3.29. The van der Waals surface area contributed by atoms with Crippen molar-refractivity contribution in [2.24, 2.45) is 0 Å². The largest absolute Gasteiger partial charge is 0.411 e. The molecule has 0 amide bonds. The molecular formula is C10H7ClF3NO. The molecule has 0 aliphatic rings. The van der Waals surface area contributed by atoms with E-state index in [1.807, 2.05) is 6.07 Å². The molecule has 0 saturated heterocycles. The minimum absolute atomic E-state index is 0.223. The lowest BCUT2D eigenvalue weighted by Gasteiger charge is -2.08. The second-order valence-corrected chi connectivity index (χ2v) is 3.43. The first kappa shape index (κ1) is 12.8. The molecule has 1 rings (SSSR count). The summed E-state index contributed by atoms with van der Waals surface area (Å²) in [6.45, 7) is -1.55. The minimum atomic E-state index is -4.35. The van der Waals surface area contributed by atoms with E-state index in [2.05, 4.69) is 4.74 Å². The van der Waals surface area contributed by atoms with Crippen LogP contribution in [-0.4, -0.2) is 12.8 Å². The lowest BCUT2D eigenvalue weighted by molar-refractivity contribution is -0.176. The van der Waals surface area contributed by atoms with Crippen LogP contribution >= 0.6 is 11.6 Å². The van der Waals surface area contributed by atoms with Crippen molar-refractivity contribution in [3.63, 3.8) is 0 Å². The van der Waals surface area contributed by atoms with Crippen LogP contribution in [0.25, 0.3) is 0 Å². The van der Waals surface area contributed by atoms with E-state index in [1.165, 1.54) is 18.2 Å². The molecule has 2 nitrogen and oxygen atoms in total. The summed E-state index contributed by atoms with van der Waals surface area (Å²) in [7, 11) is 0. The lowest BCUT2D eigenvalue weighted by Crippen LogP contribution is -2.16. The second-order valence-electron chi connectivity index (χ2n) is 3.03. The smallest absolute Gasteiger partial charge is 0.367 e. The molecule has 0 fully saturated rings. The minimum Gasteiger partial charge on any atom is -0.367 e. The molecule has 6 heteroatoms. The number of halogens is 4. The van der Waals surface area contributed by atoms with Gasteiger partial charge in [-0.05, 0) is 17.7 Å². The van der Waals surface area contributed by atoms with E-state index >= 15 is 0 Å². The predicted molar refractivity (Wildman–Crippen MR) is 51.9 cm³/mol. The third-order valence-corrected chi connectivity index (χ3v) is 2.06. The molecule has 0 unspecified atom stereocenters. The number of hydrogen-bond donors (Lipinski definition) is 0. The van der Waals surface area contributed by atoms with E-state index in [-0.39, 0.29) is 11.6 Å². The zero-order valence-corrected chi connectivity index (χ0v) is 8.77. The van der Waals surface area contributed by atoms with E-state index < -0.39 is 12.8 Å². The Kier molecular flexibility index (Phi) is 4.16. The molecule has 0 radical (unpaired) electrons. The summed E-state index contributed by atoms with van der Waals surface area (Å²) in [6, 6.07) is 6.19. The summed E-state index contributed by atoms with van der Waals surface area (Å²) in [5.41, 5.74) is 0.773. The van der Waals surface area contributed by atoms with Gasteiger partial charge < -0.3 is 4.74 Å². The van der Waals surface area contributed by atoms with E-state index in [1.54, 1.807) is 0 Å². The number of ether oxygens (including phenoxy) is 1. The first-order valence-corrected chi connectivity index (χ1v) is 4.63. The van der Waals surface area contributed by atoms with Gasteiger partial charge >= 0.3 is 6.18 Å². The maximum absolute atomic E-state index is 11.8. The van der Waals surface area contributed by atoms with E-state index in [0.717, 1.165) is 0 Å². The van der Waals surface area contributed by atoms with Gasteiger partial charge in [-0.2, -0.15) is 18.4 Å². The molecule has 0 aliphatic carbocycles. The summed E-state index contributed by atoms with van der Waals surface area (Å²) in [6.07, 6.45) is -4.35. The molecule has 0 bridgehead atoms. The lowest BCUT2D eigenvalue weighted by atomic mass is 10.1. The topological polar surface area (TPSA) is 33.0 Å². The van der Waals surface area contributed by atoms with Gasteiger partial charge in [0.2, 0.25) is 0 Å². The molecule has 1 aromatic rings. The van der Waals surface area contributed by atoms with Crippen LogP contribution in [0.4, 0.5) is 13.2 Å². The highest BCUT2D eigenvalue weighted by atomic mass is 35.5. The summed E-state index contributed by atoms with van der Waals surface area (Å²) in [5, 5.41) is 8.77. The molecule has 0 heterocycles. The molecule has 1 aromatic carbocycles. The number of hydrogen-bond acceptors (Lipinski definition) is 2. The molecular weight excluding hydrogens is 243 g/mol. The van der Waals surface area contributed by atoms with Crippen molar-refractivity contribution in [3.8, 4) is 6.07 Å². The fraction of sp³-hybridized carbons (Fsp3) is 0.300.